The Bertz CT molecular complexity index is 233. The minimum atomic E-state index is 0.246. The van der Waals surface area contributed by atoms with Gasteiger partial charge in [-0.25, -0.2) is 0 Å². The third-order valence-electron chi connectivity index (χ3n) is 1.63. The Morgan fingerprint density at radius 3 is 2.46 bits per heavy atom. The summed E-state index contributed by atoms with van der Waals surface area (Å²) in [5.41, 5.74) is 0. The zero-order chi connectivity index (χ0) is 9.52. The molecular weight excluding hydrogens is 279 g/mol. The second kappa shape index (κ2) is 6.21. The molecule has 0 aromatic heterocycles. The first-order valence-electron chi connectivity index (χ1n) is 4.32. The lowest BCUT2D eigenvalue weighted by molar-refractivity contribution is 0.253. The van der Waals surface area contributed by atoms with Crippen LogP contribution in [0, 0.1) is 3.57 Å². The molecule has 0 atom stereocenters. The van der Waals surface area contributed by atoms with Gasteiger partial charge >= 0.3 is 0 Å². The standard InChI is InChI=1S/C10H13IO2/c11-9-3-5-10(6-4-9)13-8-2-1-7-12/h3-6,12H,1-2,7-8H2. The predicted molar refractivity (Wildman–Crippen MR) is 61.0 cm³/mol. The molecule has 1 N–H and O–H groups in total. The number of rotatable bonds is 5. The van der Waals surface area contributed by atoms with Crippen LogP contribution in [-0.4, -0.2) is 18.3 Å². The van der Waals surface area contributed by atoms with Crippen LogP contribution >= 0.6 is 22.6 Å². The lowest BCUT2D eigenvalue weighted by Crippen LogP contribution is -1.98. The van der Waals surface area contributed by atoms with E-state index in [1.54, 1.807) is 0 Å². The fourth-order valence-electron chi connectivity index (χ4n) is 0.935. The van der Waals surface area contributed by atoms with Crippen LogP contribution in [0.25, 0.3) is 0 Å². The number of benzene rings is 1. The number of hydrogen-bond donors (Lipinski definition) is 1. The van der Waals surface area contributed by atoms with Crippen LogP contribution in [0.15, 0.2) is 24.3 Å². The molecule has 0 saturated carbocycles. The second-order valence-electron chi connectivity index (χ2n) is 2.73. The van der Waals surface area contributed by atoms with Crippen molar-refractivity contribution in [3.63, 3.8) is 0 Å². The minimum absolute atomic E-state index is 0.246. The summed E-state index contributed by atoms with van der Waals surface area (Å²) in [6.07, 6.45) is 1.72. The number of halogens is 1. The van der Waals surface area contributed by atoms with Gasteiger partial charge in [0.15, 0.2) is 0 Å². The van der Waals surface area contributed by atoms with Crippen molar-refractivity contribution >= 4 is 22.6 Å². The van der Waals surface area contributed by atoms with E-state index in [9.17, 15) is 0 Å². The Hall–Kier alpha value is -0.290. The van der Waals surface area contributed by atoms with Gasteiger partial charge in [-0.1, -0.05) is 0 Å². The molecule has 72 valence electrons. The topological polar surface area (TPSA) is 29.5 Å². The molecule has 0 fully saturated rings. The molecule has 0 aliphatic rings. The molecule has 1 aromatic carbocycles. The summed E-state index contributed by atoms with van der Waals surface area (Å²) in [7, 11) is 0. The summed E-state index contributed by atoms with van der Waals surface area (Å²) in [6.45, 7) is 0.928. The number of hydrogen-bond acceptors (Lipinski definition) is 2. The average Bonchev–Trinajstić information content (AvgIpc) is 2.15. The van der Waals surface area contributed by atoms with E-state index in [4.69, 9.17) is 9.84 Å². The van der Waals surface area contributed by atoms with Crippen LogP contribution < -0.4 is 4.74 Å². The molecule has 0 amide bonds. The van der Waals surface area contributed by atoms with Crippen molar-refractivity contribution in [2.75, 3.05) is 13.2 Å². The Morgan fingerprint density at radius 1 is 1.15 bits per heavy atom. The normalized spacial score (nSPS) is 10.0. The highest BCUT2D eigenvalue weighted by Gasteiger charge is 1.92. The van der Waals surface area contributed by atoms with Crippen LogP contribution in [-0.2, 0) is 0 Å². The molecule has 0 aliphatic carbocycles. The first kappa shape index (κ1) is 10.8. The third kappa shape index (κ3) is 4.47. The van der Waals surface area contributed by atoms with Gasteiger partial charge in [0.25, 0.3) is 0 Å². The Balaban J connectivity index is 2.25. The van der Waals surface area contributed by atoms with Crippen molar-refractivity contribution in [3.05, 3.63) is 27.8 Å². The molecule has 0 bridgehead atoms. The monoisotopic (exact) mass is 292 g/mol. The van der Waals surface area contributed by atoms with E-state index >= 15 is 0 Å². The van der Waals surface area contributed by atoms with Gasteiger partial charge in [-0.3, -0.25) is 0 Å². The Morgan fingerprint density at radius 2 is 1.85 bits per heavy atom. The minimum Gasteiger partial charge on any atom is -0.494 e. The van der Waals surface area contributed by atoms with Gasteiger partial charge in [0.1, 0.15) is 5.75 Å². The van der Waals surface area contributed by atoms with E-state index in [1.165, 1.54) is 3.57 Å². The molecule has 13 heavy (non-hydrogen) atoms. The highest BCUT2D eigenvalue weighted by Crippen LogP contribution is 2.13. The van der Waals surface area contributed by atoms with E-state index in [0.29, 0.717) is 6.61 Å². The van der Waals surface area contributed by atoms with E-state index in [0.717, 1.165) is 18.6 Å². The summed E-state index contributed by atoms with van der Waals surface area (Å²) in [4.78, 5) is 0. The maximum atomic E-state index is 8.54. The maximum Gasteiger partial charge on any atom is 0.119 e. The van der Waals surface area contributed by atoms with Crippen molar-refractivity contribution in [1.29, 1.82) is 0 Å². The lowest BCUT2D eigenvalue weighted by atomic mass is 10.3. The Labute approximate surface area is 92.1 Å². The zero-order valence-corrected chi connectivity index (χ0v) is 9.53. The zero-order valence-electron chi connectivity index (χ0n) is 7.37. The largest absolute Gasteiger partial charge is 0.494 e. The van der Waals surface area contributed by atoms with Crippen LogP contribution in [0.2, 0.25) is 0 Å². The van der Waals surface area contributed by atoms with Crippen LogP contribution in [0.3, 0.4) is 0 Å². The lowest BCUT2D eigenvalue weighted by Gasteiger charge is -2.04. The van der Waals surface area contributed by atoms with E-state index in [-0.39, 0.29) is 6.61 Å². The van der Waals surface area contributed by atoms with Crippen LogP contribution in [0.4, 0.5) is 0 Å². The van der Waals surface area contributed by atoms with Gasteiger partial charge in [-0.2, -0.15) is 0 Å². The maximum absolute atomic E-state index is 8.54. The van der Waals surface area contributed by atoms with E-state index < -0.39 is 0 Å². The van der Waals surface area contributed by atoms with Gasteiger partial charge in [-0.15, -0.1) is 0 Å². The van der Waals surface area contributed by atoms with Gasteiger partial charge in [0.05, 0.1) is 6.61 Å². The molecular formula is C10H13IO2. The molecule has 0 spiro atoms. The molecule has 0 heterocycles. The first-order chi connectivity index (χ1) is 6.33. The van der Waals surface area contributed by atoms with Gasteiger partial charge in [-0.05, 0) is 59.7 Å². The number of unbranched alkanes of at least 4 members (excludes halogenated alkanes) is 1. The van der Waals surface area contributed by atoms with Gasteiger partial charge < -0.3 is 9.84 Å². The number of ether oxygens (including phenoxy) is 1. The summed E-state index contributed by atoms with van der Waals surface area (Å²) < 4.78 is 6.66. The molecule has 3 heteroatoms. The Kier molecular flexibility index (Phi) is 5.15. The van der Waals surface area contributed by atoms with Crippen molar-refractivity contribution in [1.82, 2.24) is 0 Å². The van der Waals surface area contributed by atoms with Gasteiger partial charge in [0, 0.05) is 10.2 Å². The summed E-state index contributed by atoms with van der Waals surface area (Å²) in [5.74, 6) is 0.901. The fourth-order valence-corrected chi connectivity index (χ4v) is 1.29. The SMILES string of the molecule is OCCCCOc1ccc(I)cc1. The molecule has 0 radical (unpaired) electrons. The predicted octanol–water partition coefficient (Wildman–Crippen LogP) is 2.44. The van der Waals surface area contributed by atoms with Crippen molar-refractivity contribution in [3.8, 4) is 5.75 Å². The smallest absolute Gasteiger partial charge is 0.119 e. The molecule has 2 nitrogen and oxygen atoms in total. The summed E-state index contributed by atoms with van der Waals surface area (Å²) in [5, 5.41) is 8.54. The molecule has 0 unspecified atom stereocenters. The first-order valence-corrected chi connectivity index (χ1v) is 5.40. The van der Waals surface area contributed by atoms with Crippen molar-refractivity contribution in [2.24, 2.45) is 0 Å². The van der Waals surface area contributed by atoms with Crippen molar-refractivity contribution in [2.45, 2.75) is 12.8 Å². The molecule has 0 aliphatic heterocycles. The van der Waals surface area contributed by atoms with E-state index in [1.807, 2.05) is 24.3 Å². The average molecular weight is 292 g/mol. The summed E-state index contributed by atoms with van der Waals surface area (Å²) in [6, 6.07) is 7.95. The second-order valence-corrected chi connectivity index (χ2v) is 3.98. The quantitative estimate of drug-likeness (QED) is 0.667. The van der Waals surface area contributed by atoms with Gasteiger partial charge in [0.2, 0.25) is 0 Å². The van der Waals surface area contributed by atoms with Crippen molar-refractivity contribution < 1.29 is 9.84 Å². The fraction of sp³-hybridized carbons (Fsp3) is 0.400. The molecule has 0 saturated heterocycles. The highest BCUT2D eigenvalue weighted by atomic mass is 127. The number of aliphatic hydroxyl groups excluding tert-OH is 1. The third-order valence-corrected chi connectivity index (χ3v) is 2.35. The van der Waals surface area contributed by atoms with Crippen LogP contribution in [0.1, 0.15) is 12.8 Å². The molecule has 1 aromatic rings. The van der Waals surface area contributed by atoms with Crippen LogP contribution in [0.5, 0.6) is 5.75 Å². The van der Waals surface area contributed by atoms with E-state index in [2.05, 4.69) is 22.6 Å². The summed E-state index contributed by atoms with van der Waals surface area (Å²) >= 11 is 2.26. The molecule has 1 rings (SSSR count). The number of aliphatic hydroxyl groups is 1. The highest BCUT2D eigenvalue weighted by molar-refractivity contribution is 14.1.